The molecule has 0 bridgehead atoms. The molecule has 0 aliphatic rings. The number of Topliss-reactive ketones (excluding diaryl/α,β-unsaturated/α-hetero) is 1. The Morgan fingerprint density at radius 3 is 2.20 bits per heavy atom. The molecule has 0 aliphatic carbocycles. The summed E-state index contributed by atoms with van der Waals surface area (Å²) in [5.41, 5.74) is 3.59. The molecule has 0 saturated heterocycles. The maximum Gasteiger partial charge on any atom is 0.185 e. The molecule has 3 heteroatoms. The van der Waals surface area contributed by atoms with Crippen LogP contribution in [0.25, 0.3) is 0 Å². The third-order valence-corrected chi connectivity index (χ3v) is 4.31. The molecule has 0 N–H and O–H groups in total. The Labute approximate surface area is 123 Å². The minimum Gasteiger partial charge on any atom is -0.292 e. The molecule has 2 rings (SSSR count). The number of nitrogens with zero attached hydrogens (tertiary/aromatic N) is 1. The standard InChI is InChI=1S/C17H17NOS/c1-11(2)13-4-6-14(7-5-13)15(8-18)17(19)16-10-20-9-12(16)3/h4-7,9-11,15H,1-3H3. The van der Waals surface area contributed by atoms with Crippen molar-refractivity contribution in [3.63, 3.8) is 0 Å². The SMILES string of the molecule is Cc1cscc1C(=O)C(C#N)c1ccc(C(C)C)cc1. The summed E-state index contributed by atoms with van der Waals surface area (Å²) in [7, 11) is 0. The average molecular weight is 283 g/mol. The fourth-order valence-corrected chi connectivity index (χ4v) is 2.96. The lowest BCUT2D eigenvalue weighted by Crippen LogP contribution is -2.11. The molecule has 0 radical (unpaired) electrons. The van der Waals surface area contributed by atoms with Gasteiger partial charge in [0.25, 0.3) is 0 Å². The summed E-state index contributed by atoms with van der Waals surface area (Å²) >= 11 is 1.49. The minimum absolute atomic E-state index is 0.108. The van der Waals surface area contributed by atoms with E-state index in [1.165, 1.54) is 16.9 Å². The third kappa shape index (κ3) is 2.81. The number of ketones is 1. The van der Waals surface area contributed by atoms with E-state index in [2.05, 4.69) is 19.9 Å². The summed E-state index contributed by atoms with van der Waals surface area (Å²) < 4.78 is 0. The van der Waals surface area contributed by atoms with Gasteiger partial charge in [-0.1, -0.05) is 38.1 Å². The summed E-state index contributed by atoms with van der Waals surface area (Å²) in [5, 5.41) is 13.1. The van der Waals surface area contributed by atoms with Gasteiger partial charge in [-0.3, -0.25) is 4.79 Å². The Hall–Kier alpha value is -1.92. The molecule has 0 amide bonds. The monoisotopic (exact) mass is 283 g/mol. The van der Waals surface area contributed by atoms with Crippen LogP contribution in [-0.2, 0) is 0 Å². The topological polar surface area (TPSA) is 40.9 Å². The van der Waals surface area contributed by atoms with Crippen LogP contribution in [0.4, 0.5) is 0 Å². The van der Waals surface area contributed by atoms with Gasteiger partial charge < -0.3 is 0 Å². The van der Waals surface area contributed by atoms with Crippen LogP contribution >= 0.6 is 11.3 Å². The van der Waals surface area contributed by atoms with Gasteiger partial charge in [0.1, 0.15) is 5.92 Å². The van der Waals surface area contributed by atoms with Crippen LogP contribution in [0.2, 0.25) is 0 Å². The van der Waals surface area contributed by atoms with E-state index in [9.17, 15) is 10.1 Å². The molecule has 1 unspecified atom stereocenters. The van der Waals surface area contributed by atoms with Gasteiger partial charge in [0.2, 0.25) is 0 Å². The van der Waals surface area contributed by atoms with Gasteiger partial charge in [0.15, 0.2) is 5.78 Å². The normalized spacial score (nSPS) is 12.2. The highest BCUT2D eigenvalue weighted by Crippen LogP contribution is 2.25. The number of rotatable bonds is 4. The van der Waals surface area contributed by atoms with Gasteiger partial charge in [-0.2, -0.15) is 16.6 Å². The summed E-state index contributed by atoms with van der Waals surface area (Å²) in [5.74, 6) is -0.382. The first-order valence-corrected chi connectivity index (χ1v) is 7.55. The van der Waals surface area contributed by atoms with Gasteiger partial charge in [-0.25, -0.2) is 0 Å². The smallest absolute Gasteiger partial charge is 0.185 e. The maximum atomic E-state index is 12.5. The summed E-state index contributed by atoms with van der Waals surface area (Å²) in [6.07, 6.45) is 0. The fourth-order valence-electron chi connectivity index (χ4n) is 2.13. The molecule has 1 aromatic carbocycles. The average Bonchev–Trinajstić information content (AvgIpc) is 2.86. The zero-order valence-electron chi connectivity index (χ0n) is 11.9. The van der Waals surface area contributed by atoms with Crippen molar-refractivity contribution in [2.45, 2.75) is 32.6 Å². The highest BCUT2D eigenvalue weighted by atomic mass is 32.1. The lowest BCUT2D eigenvalue weighted by molar-refractivity contribution is 0.0979. The van der Waals surface area contributed by atoms with Crippen molar-refractivity contribution in [3.05, 3.63) is 57.3 Å². The van der Waals surface area contributed by atoms with Gasteiger partial charge in [0, 0.05) is 10.9 Å². The lowest BCUT2D eigenvalue weighted by atomic mass is 9.90. The molecule has 0 fully saturated rings. The second-order valence-electron chi connectivity index (χ2n) is 5.22. The molecule has 1 heterocycles. The van der Waals surface area contributed by atoms with Gasteiger partial charge in [0.05, 0.1) is 6.07 Å². The van der Waals surface area contributed by atoms with E-state index in [1.807, 2.05) is 41.9 Å². The minimum atomic E-state index is -0.718. The second kappa shape index (κ2) is 6.02. The number of hydrogen-bond acceptors (Lipinski definition) is 3. The number of nitriles is 1. The number of aryl methyl sites for hydroxylation is 1. The Bertz CT molecular complexity index is 646. The largest absolute Gasteiger partial charge is 0.292 e. The van der Waals surface area contributed by atoms with Crippen LogP contribution < -0.4 is 0 Å². The Kier molecular flexibility index (Phi) is 4.36. The number of thiophene rings is 1. The molecular weight excluding hydrogens is 266 g/mol. The van der Waals surface area contributed by atoms with Gasteiger partial charge >= 0.3 is 0 Å². The predicted octanol–water partition coefficient (Wildman–Crippen LogP) is 4.67. The molecule has 102 valence electrons. The van der Waals surface area contributed by atoms with E-state index < -0.39 is 5.92 Å². The number of benzene rings is 1. The molecule has 2 nitrogen and oxygen atoms in total. The second-order valence-corrected chi connectivity index (χ2v) is 5.96. The Morgan fingerprint density at radius 1 is 1.15 bits per heavy atom. The molecule has 1 aromatic heterocycles. The number of hydrogen-bond donors (Lipinski definition) is 0. The fraction of sp³-hybridized carbons (Fsp3) is 0.294. The van der Waals surface area contributed by atoms with Crippen LogP contribution in [0.15, 0.2) is 35.0 Å². The molecule has 1 atom stereocenters. The van der Waals surface area contributed by atoms with E-state index >= 15 is 0 Å². The van der Waals surface area contributed by atoms with E-state index in [1.54, 1.807) is 0 Å². The predicted molar refractivity (Wildman–Crippen MR) is 82.3 cm³/mol. The van der Waals surface area contributed by atoms with Crippen molar-refractivity contribution in [1.82, 2.24) is 0 Å². The van der Waals surface area contributed by atoms with Crippen molar-refractivity contribution in [2.24, 2.45) is 0 Å². The first-order valence-electron chi connectivity index (χ1n) is 6.61. The highest BCUT2D eigenvalue weighted by molar-refractivity contribution is 7.08. The van der Waals surface area contributed by atoms with Crippen molar-refractivity contribution in [3.8, 4) is 6.07 Å². The van der Waals surface area contributed by atoms with Crippen molar-refractivity contribution >= 4 is 17.1 Å². The van der Waals surface area contributed by atoms with Gasteiger partial charge in [-0.05, 0) is 34.9 Å². The van der Waals surface area contributed by atoms with E-state index in [0.29, 0.717) is 11.5 Å². The van der Waals surface area contributed by atoms with Crippen molar-refractivity contribution < 1.29 is 4.79 Å². The van der Waals surface area contributed by atoms with Crippen LogP contribution in [-0.4, -0.2) is 5.78 Å². The lowest BCUT2D eigenvalue weighted by Gasteiger charge is -2.11. The van der Waals surface area contributed by atoms with E-state index in [-0.39, 0.29) is 5.78 Å². The van der Waals surface area contributed by atoms with Crippen LogP contribution in [0.5, 0.6) is 0 Å². The summed E-state index contributed by atoms with van der Waals surface area (Å²) in [6.45, 7) is 6.15. The summed E-state index contributed by atoms with van der Waals surface area (Å²) in [4.78, 5) is 12.5. The molecule has 2 aromatic rings. The van der Waals surface area contributed by atoms with Crippen molar-refractivity contribution in [1.29, 1.82) is 5.26 Å². The molecule has 0 spiro atoms. The molecule has 0 saturated carbocycles. The Morgan fingerprint density at radius 2 is 1.75 bits per heavy atom. The highest BCUT2D eigenvalue weighted by Gasteiger charge is 2.23. The van der Waals surface area contributed by atoms with Crippen LogP contribution in [0.3, 0.4) is 0 Å². The van der Waals surface area contributed by atoms with Gasteiger partial charge in [-0.15, -0.1) is 0 Å². The quantitative estimate of drug-likeness (QED) is 0.765. The first-order chi connectivity index (χ1) is 9.54. The molecular formula is C17H17NOS. The Balaban J connectivity index is 2.31. The first kappa shape index (κ1) is 14.5. The molecule has 0 aliphatic heterocycles. The molecule has 20 heavy (non-hydrogen) atoms. The summed E-state index contributed by atoms with van der Waals surface area (Å²) in [6, 6.07) is 9.92. The van der Waals surface area contributed by atoms with E-state index in [0.717, 1.165) is 11.1 Å². The zero-order valence-corrected chi connectivity index (χ0v) is 12.7. The maximum absolute atomic E-state index is 12.5. The van der Waals surface area contributed by atoms with E-state index in [4.69, 9.17) is 0 Å². The number of carbonyl (C=O) groups is 1. The zero-order chi connectivity index (χ0) is 14.7. The van der Waals surface area contributed by atoms with Crippen LogP contribution in [0, 0.1) is 18.3 Å². The van der Waals surface area contributed by atoms with Crippen LogP contribution in [0.1, 0.15) is 52.7 Å². The number of carbonyl (C=O) groups excluding carboxylic acids is 1. The van der Waals surface area contributed by atoms with Crippen molar-refractivity contribution in [2.75, 3.05) is 0 Å². The third-order valence-electron chi connectivity index (χ3n) is 3.45.